The molecule has 0 aliphatic carbocycles. The minimum Gasteiger partial charge on any atom is -0.493 e. The maximum atomic E-state index is 9.45. The standard InChI is InChI=1S/C17H23NO4/c1-12(2)22-16-7-6-13(9-17(16)20-3)10-18-14(11-19)15-5-4-8-21-15/h4-9,12,14,18-19H,10-11H2,1-3H3. The summed E-state index contributed by atoms with van der Waals surface area (Å²) in [6.07, 6.45) is 1.69. The van der Waals surface area contributed by atoms with Crippen LogP contribution >= 0.6 is 0 Å². The van der Waals surface area contributed by atoms with E-state index in [0.29, 0.717) is 18.1 Å². The van der Waals surface area contributed by atoms with Gasteiger partial charge in [-0.05, 0) is 43.7 Å². The highest BCUT2D eigenvalue weighted by Crippen LogP contribution is 2.29. The Morgan fingerprint density at radius 3 is 2.64 bits per heavy atom. The molecule has 0 spiro atoms. The Labute approximate surface area is 130 Å². The number of nitrogens with one attached hydrogen (secondary N) is 1. The van der Waals surface area contributed by atoms with Crippen molar-refractivity contribution in [1.82, 2.24) is 5.32 Å². The second-order valence-corrected chi connectivity index (χ2v) is 5.28. The summed E-state index contributed by atoms with van der Waals surface area (Å²) < 4.78 is 16.4. The first-order valence-corrected chi connectivity index (χ1v) is 7.35. The molecule has 0 saturated heterocycles. The lowest BCUT2D eigenvalue weighted by molar-refractivity contribution is 0.224. The van der Waals surface area contributed by atoms with E-state index in [0.717, 1.165) is 11.3 Å². The number of aliphatic hydroxyl groups excluding tert-OH is 1. The van der Waals surface area contributed by atoms with Gasteiger partial charge in [0.2, 0.25) is 0 Å². The summed E-state index contributed by atoms with van der Waals surface area (Å²) in [7, 11) is 1.62. The molecule has 1 atom stereocenters. The van der Waals surface area contributed by atoms with Gasteiger partial charge in [0, 0.05) is 6.54 Å². The van der Waals surface area contributed by atoms with Gasteiger partial charge in [-0.2, -0.15) is 0 Å². The van der Waals surface area contributed by atoms with E-state index in [2.05, 4.69) is 5.32 Å². The zero-order valence-corrected chi connectivity index (χ0v) is 13.2. The van der Waals surface area contributed by atoms with Crippen LogP contribution in [-0.2, 0) is 6.54 Å². The van der Waals surface area contributed by atoms with E-state index < -0.39 is 0 Å². The number of rotatable bonds is 8. The Kier molecular flexibility index (Phi) is 5.86. The highest BCUT2D eigenvalue weighted by Gasteiger charge is 2.13. The summed E-state index contributed by atoms with van der Waals surface area (Å²) in [6, 6.07) is 9.23. The predicted octanol–water partition coefficient (Wildman–Crippen LogP) is 2.90. The monoisotopic (exact) mass is 305 g/mol. The van der Waals surface area contributed by atoms with Crippen molar-refractivity contribution in [2.24, 2.45) is 0 Å². The maximum absolute atomic E-state index is 9.45. The zero-order valence-electron chi connectivity index (χ0n) is 13.2. The van der Waals surface area contributed by atoms with Gasteiger partial charge in [0.1, 0.15) is 5.76 Å². The van der Waals surface area contributed by atoms with Crippen molar-refractivity contribution >= 4 is 0 Å². The first-order chi connectivity index (χ1) is 10.6. The van der Waals surface area contributed by atoms with E-state index in [1.807, 2.05) is 38.1 Å². The van der Waals surface area contributed by atoms with E-state index in [1.54, 1.807) is 19.4 Å². The molecule has 5 heteroatoms. The first kappa shape index (κ1) is 16.4. The van der Waals surface area contributed by atoms with E-state index in [-0.39, 0.29) is 18.8 Å². The van der Waals surface area contributed by atoms with Crippen molar-refractivity contribution in [3.63, 3.8) is 0 Å². The van der Waals surface area contributed by atoms with Gasteiger partial charge in [0.15, 0.2) is 11.5 Å². The van der Waals surface area contributed by atoms with Crippen LogP contribution in [0.2, 0.25) is 0 Å². The van der Waals surface area contributed by atoms with Crippen LogP contribution in [0.25, 0.3) is 0 Å². The van der Waals surface area contributed by atoms with Gasteiger partial charge in [-0.25, -0.2) is 0 Å². The lowest BCUT2D eigenvalue weighted by Crippen LogP contribution is -2.23. The molecule has 1 heterocycles. The molecule has 2 rings (SSSR count). The molecule has 0 fully saturated rings. The Hall–Kier alpha value is -1.98. The summed E-state index contributed by atoms with van der Waals surface area (Å²) in [4.78, 5) is 0. The summed E-state index contributed by atoms with van der Waals surface area (Å²) in [6.45, 7) is 4.51. The Morgan fingerprint density at radius 1 is 1.23 bits per heavy atom. The smallest absolute Gasteiger partial charge is 0.161 e. The molecule has 120 valence electrons. The summed E-state index contributed by atoms with van der Waals surface area (Å²) in [5, 5.41) is 12.7. The van der Waals surface area contributed by atoms with Gasteiger partial charge in [0.05, 0.1) is 32.1 Å². The molecule has 1 aromatic heterocycles. The number of aliphatic hydroxyl groups is 1. The highest BCUT2D eigenvalue weighted by molar-refractivity contribution is 5.43. The van der Waals surface area contributed by atoms with Crippen molar-refractivity contribution in [3.8, 4) is 11.5 Å². The van der Waals surface area contributed by atoms with Crippen LogP contribution in [0.4, 0.5) is 0 Å². The topological polar surface area (TPSA) is 63.9 Å². The third-order valence-electron chi connectivity index (χ3n) is 3.21. The minimum atomic E-state index is -0.229. The number of hydrogen-bond donors (Lipinski definition) is 2. The Balaban J connectivity index is 2.03. The molecule has 1 aromatic carbocycles. The largest absolute Gasteiger partial charge is 0.493 e. The van der Waals surface area contributed by atoms with Crippen molar-refractivity contribution < 1.29 is 19.0 Å². The fourth-order valence-corrected chi connectivity index (χ4v) is 2.16. The van der Waals surface area contributed by atoms with E-state index >= 15 is 0 Å². The molecule has 2 aromatic rings. The lowest BCUT2D eigenvalue weighted by Gasteiger charge is -2.16. The molecule has 0 aliphatic rings. The molecule has 0 amide bonds. The van der Waals surface area contributed by atoms with Crippen molar-refractivity contribution in [2.45, 2.75) is 32.5 Å². The quantitative estimate of drug-likeness (QED) is 0.785. The molecular weight excluding hydrogens is 282 g/mol. The Morgan fingerprint density at radius 2 is 2.05 bits per heavy atom. The van der Waals surface area contributed by atoms with Gasteiger partial charge < -0.3 is 24.3 Å². The van der Waals surface area contributed by atoms with Crippen LogP contribution in [0.1, 0.15) is 31.2 Å². The predicted molar refractivity (Wildman–Crippen MR) is 84.1 cm³/mol. The van der Waals surface area contributed by atoms with Gasteiger partial charge in [-0.1, -0.05) is 6.07 Å². The van der Waals surface area contributed by atoms with Crippen molar-refractivity contribution in [1.29, 1.82) is 0 Å². The van der Waals surface area contributed by atoms with Gasteiger partial charge in [0.25, 0.3) is 0 Å². The third-order valence-corrected chi connectivity index (χ3v) is 3.21. The van der Waals surface area contributed by atoms with E-state index in [1.165, 1.54) is 0 Å². The van der Waals surface area contributed by atoms with Crippen LogP contribution in [-0.4, -0.2) is 24.9 Å². The van der Waals surface area contributed by atoms with Crippen molar-refractivity contribution in [3.05, 3.63) is 47.9 Å². The second-order valence-electron chi connectivity index (χ2n) is 5.28. The normalized spacial score (nSPS) is 12.4. The van der Waals surface area contributed by atoms with Crippen LogP contribution < -0.4 is 14.8 Å². The number of methoxy groups -OCH3 is 1. The second kappa shape index (κ2) is 7.87. The molecule has 2 N–H and O–H groups in total. The van der Waals surface area contributed by atoms with Crippen LogP contribution in [0.15, 0.2) is 41.0 Å². The summed E-state index contributed by atoms with van der Waals surface area (Å²) in [5.41, 5.74) is 1.04. The number of ether oxygens (including phenoxy) is 2. The number of furan rings is 1. The summed E-state index contributed by atoms with van der Waals surface area (Å²) in [5.74, 6) is 2.15. The van der Waals surface area contributed by atoms with Crippen molar-refractivity contribution in [2.75, 3.05) is 13.7 Å². The molecule has 0 aliphatic heterocycles. The van der Waals surface area contributed by atoms with Crippen LogP contribution in [0, 0.1) is 0 Å². The molecule has 0 radical (unpaired) electrons. The number of benzene rings is 1. The van der Waals surface area contributed by atoms with Crippen LogP contribution in [0.3, 0.4) is 0 Å². The number of hydrogen-bond acceptors (Lipinski definition) is 5. The zero-order chi connectivity index (χ0) is 15.9. The SMILES string of the molecule is COc1cc(CNC(CO)c2ccco2)ccc1OC(C)C. The average Bonchev–Trinajstić information content (AvgIpc) is 3.03. The molecular formula is C17H23NO4. The van der Waals surface area contributed by atoms with Gasteiger partial charge in [-0.15, -0.1) is 0 Å². The van der Waals surface area contributed by atoms with E-state index in [9.17, 15) is 5.11 Å². The molecule has 1 unspecified atom stereocenters. The fraction of sp³-hybridized carbons (Fsp3) is 0.412. The van der Waals surface area contributed by atoms with Gasteiger partial charge >= 0.3 is 0 Å². The average molecular weight is 305 g/mol. The van der Waals surface area contributed by atoms with Crippen LogP contribution in [0.5, 0.6) is 11.5 Å². The first-order valence-electron chi connectivity index (χ1n) is 7.35. The van der Waals surface area contributed by atoms with Gasteiger partial charge in [-0.3, -0.25) is 0 Å². The highest BCUT2D eigenvalue weighted by atomic mass is 16.5. The third kappa shape index (κ3) is 4.26. The maximum Gasteiger partial charge on any atom is 0.161 e. The summed E-state index contributed by atoms with van der Waals surface area (Å²) >= 11 is 0. The lowest BCUT2D eigenvalue weighted by atomic mass is 10.1. The Bertz CT molecular complexity index is 566. The molecule has 0 bridgehead atoms. The fourth-order valence-electron chi connectivity index (χ4n) is 2.16. The molecule has 5 nitrogen and oxygen atoms in total. The van der Waals surface area contributed by atoms with E-state index in [4.69, 9.17) is 13.9 Å². The molecule has 0 saturated carbocycles. The minimum absolute atomic E-state index is 0.0286. The molecule has 22 heavy (non-hydrogen) atoms.